The van der Waals surface area contributed by atoms with Crippen molar-refractivity contribution in [2.75, 3.05) is 0 Å². The van der Waals surface area contributed by atoms with E-state index in [1.165, 1.54) is 70.9 Å². The SMILES string of the molecule is CC(C)c1ncon1.CCc1ncon1.Cc1cnc(-c2ccccn2)o1.Cc1cnc(-c2cccnc2)o1.Cc1cnc(C2CC2)o1.Cc1cnc(C2CCC2)o1.Cc1ncc(C(F)(F)F)o1.Cc1ncon1.c1ncon1. The summed E-state index contributed by atoms with van der Waals surface area (Å²) in [5.41, 5.74) is 1.68. The Hall–Kier alpha value is -9.30. The minimum Gasteiger partial charge on any atom is -0.446 e. The van der Waals surface area contributed by atoms with Crippen molar-refractivity contribution < 1.29 is 53.3 Å². The van der Waals surface area contributed by atoms with E-state index in [9.17, 15) is 13.2 Å². The molecule has 2 aliphatic carbocycles. The topological polar surface area (TPSA) is 312 Å². The molecule has 0 spiro atoms. The summed E-state index contributed by atoms with van der Waals surface area (Å²) in [6, 6.07) is 9.40. The number of aromatic nitrogens is 15. The number of aryl methyl sites for hydroxylation is 7. The molecule has 2 aliphatic rings. The van der Waals surface area contributed by atoms with E-state index in [-0.39, 0.29) is 5.89 Å². The van der Waals surface area contributed by atoms with Gasteiger partial charge in [-0.15, -0.1) is 0 Å². The minimum absolute atomic E-state index is 0.0207. The summed E-state index contributed by atoms with van der Waals surface area (Å²) in [4.78, 5) is 42.5. The third-order valence-electron chi connectivity index (χ3n) is 9.97. The van der Waals surface area contributed by atoms with Gasteiger partial charge in [-0.2, -0.15) is 28.1 Å². The average Bonchev–Trinajstić information content (AvgIpc) is 4.29. The largest absolute Gasteiger partial charge is 0.451 e. The lowest BCUT2D eigenvalue weighted by atomic mass is 9.85. The fourth-order valence-corrected chi connectivity index (χ4v) is 5.68. The van der Waals surface area contributed by atoms with Gasteiger partial charge in [-0.25, -0.2) is 29.9 Å². The number of alkyl halides is 3. The van der Waals surface area contributed by atoms with Crippen molar-refractivity contribution in [1.82, 2.24) is 75.5 Å². The molecule has 27 heteroatoms. The Bertz CT molecular complexity index is 3110. The van der Waals surface area contributed by atoms with Crippen LogP contribution in [0.25, 0.3) is 23.0 Å². The second-order valence-electron chi connectivity index (χ2n) is 17.0. The van der Waals surface area contributed by atoms with Crippen molar-refractivity contribution in [2.45, 2.75) is 125 Å². The molecule has 0 aliphatic heterocycles. The maximum absolute atomic E-state index is 11.7. The molecule has 11 aromatic rings. The van der Waals surface area contributed by atoms with Gasteiger partial charge in [-0.1, -0.05) is 53.9 Å². The van der Waals surface area contributed by atoms with Crippen molar-refractivity contribution in [3.8, 4) is 23.0 Å². The summed E-state index contributed by atoms with van der Waals surface area (Å²) in [5.74, 6) is 9.40. The number of pyridine rings is 2. The standard InChI is InChI=1S/2C9H8N2O.C8H11NO.C7H9NO.C5H4F3NO.C5H8N2O.C4H6N2O.C3H4N2O.C2H2N2O/c1-7-5-11-9(12-7)8-3-2-4-10-6-8;1-7-6-11-9(12-7)8-4-2-3-5-10-8;1-6-5-9-8(10-6)7-3-2-4-7;1-5-4-8-7(9-5)6-2-3-6;1-3-9-2-4(10-3)5(6,7)8;1-4(2)5-6-3-8-7-5;1-2-4-5-3-7-6-4;1-3-4-2-6-5-3;1-3-2-5-4-1/h2*2-6H,1H3;5,7H,2-4H2,1H3;4,6H,2-3H2,1H3;2H,1H3;3-4H,1-2H3;3H,2H2,1H3;2H,1H3;1-2H. The molecular formula is C52H60F3N15O9. The zero-order valence-electron chi connectivity index (χ0n) is 44.9. The van der Waals surface area contributed by atoms with Crippen LogP contribution in [-0.4, -0.2) is 75.5 Å². The molecule has 11 aromatic heterocycles. The van der Waals surface area contributed by atoms with E-state index >= 15 is 0 Å². The number of halogens is 3. The lowest BCUT2D eigenvalue weighted by molar-refractivity contribution is -0.153. The molecule has 2 saturated carbocycles. The van der Waals surface area contributed by atoms with Crippen molar-refractivity contribution in [2.24, 2.45) is 0 Å². The molecule has 0 aromatic carbocycles. The Kier molecular flexibility index (Phi) is 24.8. The van der Waals surface area contributed by atoms with Gasteiger partial charge in [0.2, 0.25) is 43.1 Å². The van der Waals surface area contributed by atoms with Crippen LogP contribution in [0.3, 0.4) is 0 Å². The van der Waals surface area contributed by atoms with Gasteiger partial charge in [-0.05, 0) is 84.6 Å². The second-order valence-corrected chi connectivity index (χ2v) is 17.0. The Morgan fingerprint density at radius 3 is 1.49 bits per heavy atom. The van der Waals surface area contributed by atoms with Gasteiger partial charge in [0.05, 0.1) is 36.5 Å². The van der Waals surface area contributed by atoms with Gasteiger partial charge < -0.3 is 40.2 Å². The fraction of sp³-hybridized carbons (Fsp3) is 0.365. The molecule has 2 fully saturated rings. The minimum atomic E-state index is -4.42. The third kappa shape index (κ3) is 23.2. The maximum atomic E-state index is 11.7. The number of nitrogens with zero attached hydrogens (tertiary/aromatic N) is 15. The Balaban J connectivity index is 0.000000165. The highest BCUT2D eigenvalue weighted by Crippen LogP contribution is 2.39. The molecule has 0 atom stereocenters. The molecule has 418 valence electrons. The summed E-state index contributed by atoms with van der Waals surface area (Å²) in [6.45, 7) is 16.7. The van der Waals surface area contributed by atoms with Crippen LogP contribution in [0, 0.1) is 41.5 Å². The van der Waals surface area contributed by atoms with E-state index in [0.29, 0.717) is 41.6 Å². The van der Waals surface area contributed by atoms with Crippen LogP contribution in [0.4, 0.5) is 13.2 Å². The molecule has 0 unspecified atom stereocenters. The fourth-order valence-electron chi connectivity index (χ4n) is 5.68. The van der Waals surface area contributed by atoms with Crippen molar-refractivity contribution in [1.29, 1.82) is 0 Å². The summed E-state index contributed by atoms with van der Waals surface area (Å²) in [5, 5.41) is 13.8. The van der Waals surface area contributed by atoms with Crippen LogP contribution in [-0.2, 0) is 12.6 Å². The third-order valence-corrected chi connectivity index (χ3v) is 9.97. The van der Waals surface area contributed by atoms with Crippen molar-refractivity contribution in [3.05, 3.63) is 176 Å². The van der Waals surface area contributed by atoms with Gasteiger partial charge in [0.15, 0.2) is 41.5 Å². The first-order chi connectivity index (χ1) is 38.1. The second kappa shape index (κ2) is 32.3. The van der Waals surface area contributed by atoms with E-state index in [4.69, 9.17) is 17.7 Å². The number of oxazole rings is 5. The Morgan fingerprint density at radius 1 is 0.544 bits per heavy atom. The zero-order valence-corrected chi connectivity index (χ0v) is 44.9. The Morgan fingerprint density at radius 2 is 1.16 bits per heavy atom. The van der Waals surface area contributed by atoms with Crippen LogP contribution in [0.15, 0.2) is 152 Å². The van der Waals surface area contributed by atoms with Gasteiger partial charge in [0, 0.05) is 49.7 Å². The quantitative estimate of drug-likeness (QED) is 0.149. The Labute approximate surface area is 451 Å². The van der Waals surface area contributed by atoms with Gasteiger partial charge >= 0.3 is 6.18 Å². The van der Waals surface area contributed by atoms with Crippen LogP contribution in [0.1, 0.15) is 135 Å². The predicted molar refractivity (Wildman–Crippen MR) is 272 cm³/mol. The van der Waals surface area contributed by atoms with Crippen LogP contribution in [0.5, 0.6) is 0 Å². The van der Waals surface area contributed by atoms with Crippen LogP contribution >= 0.6 is 0 Å². The maximum Gasteiger partial charge on any atom is 0.451 e. The number of rotatable bonds is 6. The van der Waals surface area contributed by atoms with Gasteiger partial charge in [-0.3, -0.25) is 9.97 Å². The highest BCUT2D eigenvalue weighted by atomic mass is 19.4. The van der Waals surface area contributed by atoms with E-state index < -0.39 is 11.9 Å². The van der Waals surface area contributed by atoms with Gasteiger partial charge in [0.25, 0.3) is 0 Å². The monoisotopic (exact) mass is 1100 g/mol. The molecular weight excluding hydrogens is 1040 g/mol. The molecule has 0 N–H and O–H groups in total. The first-order valence-electron chi connectivity index (χ1n) is 24.5. The summed E-state index contributed by atoms with van der Waals surface area (Å²) >= 11 is 0. The van der Waals surface area contributed by atoms with Crippen LogP contribution < -0.4 is 0 Å². The lowest BCUT2D eigenvalue weighted by Crippen LogP contribution is -2.08. The molecule has 13 rings (SSSR count). The zero-order chi connectivity index (χ0) is 56.8. The van der Waals surface area contributed by atoms with Crippen molar-refractivity contribution in [3.63, 3.8) is 0 Å². The first kappa shape index (κ1) is 60.6. The van der Waals surface area contributed by atoms with Crippen LogP contribution in [0.2, 0.25) is 0 Å². The van der Waals surface area contributed by atoms with Gasteiger partial charge in [0.1, 0.15) is 28.7 Å². The smallest absolute Gasteiger partial charge is 0.446 e. The summed E-state index contributed by atoms with van der Waals surface area (Å²) in [6.07, 6.45) is 22.2. The first-order valence-corrected chi connectivity index (χ1v) is 24.5. The van der Waals surface area contributed by atoms with Crippen molar-refractivity contribution >= 4 is 0 Å². The van der Waals surface area contributed by atoms with E-state index in [1.54, 1.807) is 50.3 Å². The number of hydrogen-bond donors (Lipinski definition) is 0. The lowest BCUT2D eigenvalue weighted by Gasteiger charge is -2.21. The molecule has 24 nitrogen and oxygen atoms in total. The predicted octanol–water partition coefficient (Wildman–Crippen LogP) is 12.5. The van der Waals surface area contributed by atoms with E-state index in [0.717, 1.165) is 64.1 Å². The molecule has 0 bridgehead atoms. The molecule has 0 radical (unpaired) electrons. The summed E-state index contributed by atoms with van der Waals surface area (Å²) < 4.78 is 78.0. The highest BCUT2D eigenvalue weighted by Gasteiger charge is 2.35. The molecule has 79 heavy (non-hydrogen) atoms. The molecule has 0 saturated heterocycles. The highest BCUT2D eigenvalue weighted by molar-refractivity contribution is 5.50. The number of hydrogen-bond acceptors (Lipinski definition) is 24. The normalized spacial score (nSPS) is 12.1. The van der Waals surface area contributed by atoms with E-state index in [1.807, 2.05) is 78.8 Å². The summed E-state index contributed by atoms with van der Waals surface area (Å²) in [7, 11) is 0. The average molecular weight is 1100 g/mol. The van der Waals surface area contributed by atoms with E-state index in [2.05, 4.69) is 98.0 Å². The molecule has 0 amide bonds. The molecule has 11 heterocycles.